The number of furan rings is 1. The van der Waals surface area contributed by atoms with Crippen LogP contribution in [0.25, 0.3) is 0 Å². The molecule has 0 unspecified atom stereocenters. The number of carboxylic acid groups (broad SMARTS) is 1. The average molecular weight is 251 g/mol. The Morgan fingerprint density at radius 3 is 3.06 bits per heavy atom. The minimum absolute atomic E-state index is 0.194. The zero-order chi connectivity index (χ0) is 12.1. The predicted octanol–water partition coefficient (Wildman–Crippen LogP) is 2.37. The molecule has 2 heterocycles. The van der Waals surface area contributed by atoms with Gasteiger partial charge in [-0.3, -0.25) is 0 Å². The van der Waals surface area contributed by atoms with Crippen LogP contribution in [0.15, 0.2) is 33.6 Å². The van der Waals surface area contributed by atoms with Crippen molar-refractivity contribution < 1.29 is 14.3 Å². The molecule has 4 nitrogen and oxygen atoms in total. The van der Waals surface area contributed by atoms with Gasteiger partial charge in [0.15, 0.2) is 0 Å². The van der Waals surface area contributed by atoms with Gasteiger partial charge in [0.1, 0.15) is 12.0 Å². The van der Waals surface area contributed by atoms with E-state index in [0.29, 0.717) is 12.3 Å². The Morgan fingerprint density at radius 2 is 2.41 bits per heavy atom. The zero-order valence-corrected chi connectivity index (χ0v) is 10.00. The first kappa shape index (κ1) is 11.9. The second kappa shape index (κ2) is 5.65. The van der Waals surface area contributed by atoms with Gasteiger partial charge in [0.05, 0.1) is 12.1 Å². The van der Waals surface area contributed by atoms with Gasteiger partial charge in [-0.1, -0.05) is 0 Å². The van der Waals surface area contributed by atoms with Crippen molar-refractivity contribution >= 4 is 17.3 Å². The summed E-state index contributed by atoms with van der Waals surface area (Å²) in [4.78, 5) is 10.6. The van der Waals surface area contributed by atoms with E-state index >= 15 is 0 Å². The van der Waals surface area contributed by atoms with Crippen LogP contribution in [0.2, 0.25) is 0 Å². The van der Waals surface area contributed by atoms with Gasteiger partial charge in [-0.2, -0.15) is 11.3 Å². The molecule has 2 N–H and O–H groups in total. The molecule has 2 rings (SSSR count). The Labute approximate surface area is 103 Å². The van der Waals surface area contributed by atoms with E-state index in [4.69, 9.17) is 9.52 Å². The Balaban J connectivity index is 1.72. The van der Waals surface area contributed by atoms with Gasteiger partial charge >= 0.3 is 5.97 Å². The van der Waals surface area contributed by atoms with E-state index in [-0.39, 0.29) is 5.56 Å². The van der Waals surface area contributed by atoms with Crippen LogP contribution in [-0.4, -0.2) is 17.6 Å². The Hall–Kier alpha value is -1.59. The molecule has 0 saturated carbocycles. The number of aromatic carboxylic acids is 1. The topological polar surface area (TPSA) is 62.5 Å². The van der Waals surface area contributed by atoms with Crippen molar-refractivity contribution in [1.29, 1.82) is 0 Å². The van der Waals surface area contributed by atoms with Crippen molar-refractivity contribution in [3.63, 3.8) is 0 Å². The van der Waals surface area contributed by atoms with Gasteiger partial charge < -0.3 is 14.8 Å². The highest BCUT2D eigenvalue weighted by Gasteiger charge is 2.07. The number of thiophene rings is 1. The van der Waals surface area contributed by atoms with E-state index in [9.17, 15) is 4.79 Å². The van der Waals surface area contributed by atoms with E-state index in [1.807, 2.05) is 0 Å². The van der Waals surface area contributed by atoms with Crippen molar-refractivity contribution in [3.05, 3.63) is 46.0 Å². The summed E-state index contributed by atoms with van der Waals surface area (Å²) in [5.74, 6) is -0.314. The maximum Gasteiger partial charge on any atom is 0.338 e. The van der Waals surface area contributed by atoms with Crippen LogP contribution in [0.4, 0.5) is 0 Å². The molecule has 5 heteroatoms. The molecule has 0 aliphatic rings. The predicted molar refractivity (Wildman–Crippen MR) is 65.4 cm³/mol. The van der Waals surface area contributed by atoms with Crippen molar-refractivity contribution in [2.24, 2.45) is 0 Å². The molecule has 0 fully saturated rings. The quantitative estimate of drug-likeness (QED) is 0.774. The summed E-state index contributed by atoms with van der Waals surface area (Å²) in [6.45, 7) is 1.40. The van der Waals surface area contributed by atoms with Gasteiger partial charge in [-0.25, -0.2) is 4.79 Å². The molecule has 0 aromatic carbocycles. The fraction of sp³-hybridized carbons (Fsp3) is 0.250. The molecule has 0 spiro atoms. The third-order valence-corrected chi connectivity index (χ3v) is 3.10. The first-order valence-electron chi connectivity index (χ1n) is 5.28. The Bertz CT molecular complexity index is 476. The lowest BCUT2D eigenvalue weighted by Gasteiger charge is -2.00. The van der Waals surface area contributed by atoms with Gasteiger partial charge in [0.2, 0.25) is 0 Å². The number of carboxylic acids is 1. The average Bonchev–Trinajstić information content (AvgIpc) is 2.96. The molecule has 0 amide bonds. The first-order chi connectivity index (χ1) is 8.25. The Kier molecular flexibility index (Phi) is 3.95. The number of hydrogen-bond acceptors (Lipinski definition) is 4. The third kappa shape index (κ3) is 3.44. The highest BCUT2D eigenvalue weighted by atomic mass is 32.1. The SMILES string of the molecule is O=C(O)c1coc(CNCCc2ccsc2)c1. The molecule has 0 aliphatic heterocycles. The van der Waals surface area contributed by atoms with Crippen LogP contribution >= 0.6 is 11.3 Å². The minimum atomic E-state index is -0.960. The van der Waals surface area contributed by atoms with Gasteiger partial charge in [-0.05, 0) is 41.4 Å². The highest BCUT2D eigenvalue weighted by Crippen LogP contribution is 2.08. The van der Waals surface area contributed by atoms with E-state index in [0.717, 1.165) is 13.0 Å². The maximum atomic E-state index is 10.6. The summed E-state index contributed by atoms with van der Waals surface area (Å²) in [5, 5.41) is 16.1. The third-order valence-electron chi connectivity index (χ3n) is 2.37. The molecule has 17 heavy (non-hydrogen) atoms. The molecular formula is C12H13NO3S. The van der Waals surface area contributed by atoms with Gasteiger partial charge in [-0.15, -0.1) is 0 Å². The molecule has 0 aliphatic carbocycles. The summed E-state index contributed by atoms with van der Waals surface area (Å²) in [7, 11) is 0. The summed E-state index contributed by atoms with van der Waals surface area (Å²) in [6, 6.07) is 3.64. The molecule has 0 atom stereocenters. The van der Waals surface area contributed by atoms with E-state index in [1.165, 1.54) is 11.8 Å². The molecular weight excluding hydrogens is 238 g/mol. The zero-order valence-electron chi connectivity index (χ0n) is 9.18. The normalized spacial score (nSPS) is 10.6. The fourth-order valence-electron chi connectivity index (χ4n) is 1.46. The summed E-state index contributed by atoms with van der Waals surface area (Å²) in [5.41, 5.74) is 1.51. The Morgan fingerprint density at radius 1 is 1.53 bits per heavy atom. The maximum absolute atomic E-state index is 10.6. The number of rotatable bonds is 6. The van der Waals surface area contributed by atoms with Crippen LogP contribution < -0.4 is 5.32 Å². The fourth-order valence-corrected chi connectivity index (χ4v) is 2.17. The molecule has 0 radical (unpaired) electrons. The second-order valence-electron chi connectivity index (χ2n) is 3.67. The van der Waals surface area contributed by atoms with E-state index in [1.54, 1.807) is 17.4 Å². The van der Waals surface area contributed by atoms with Crippen LogP contribution in [0, 0.1) is 0 Å². The van der Waals surface area contributed by atoms with Crippen molar-refractivity contribution in [1.82, 2.24) is 5.32 Å². The number of hydrogen-bond donors (Lipinski definition) is 2. The lowest BCUT2D eigenvalue weighted by atomic mass is 10.2. The van der Waals surface area contributed by atoms with Crippen LogP contribution in [-0.2, 0) is 13.0 Å². The van der Waals surface area contributed by atoms with Crippen LogP contribution in [0.3, 0.4) is 0 Å². The smallest absolute Gasteiger partial charge is 0.338 e. The molecule has 0 bridgehead atoms. The van der Waals surface area contributed by atoms with Crippen LogP contribution in [0.1, 0.15) is 21.7 Å². The van der Waals surface area contributed by atoms with Gasteiger partial charge in [0, 0.05) is 0 Å². The molecule has 90 valence electrons. The first-order valence-corrected chi connectivity index (χ1v) is 6.22. The molecule has 2 aromatic rings. The highest BCUT2D eigenvalue weighted by molar-refractivity contribution is 7.07. The van der Waals surface area contributed by atoms with Gasteiger partial charge in [0.25, 0.3) is 0 Å². The second-order valence-corrected chi connectivity index (χ2v) is 4.45. The lowest BCUT2D eigenvalue weighted by Crippen LogP contribution is -2.16. The monoisotopic (exact) mass is 251 g/mol. The van der Waals surface area contributed by atoms with Crippen molar-refractivity contribution in [2.75, 3.05) is 6.54 Å². The lowest BCUT2D eigenvalue weighted by molar-refractivity contribution is 0.0696. The summed E-state index contributed by atoms with van der Waals surface area (Å²) >= 11 is 1.69. The largest absolute Gasteiger partial charge is 0.478 e. The van der Waals surface area contributed by atoms with Crippen LogP contribution in [0.5, 0.6) is 0 Å². The summed E-state index contributed by atoms with van der Waals surface area (Å²) in [6.07, 6.45) is 2.23. The number of carbonyl (C=O) groups is 1. The van der Waals surface area contributed by atoms with Crippen molar-refractivity contribution in [2.45, 2.75) is 13.0 Å². The molecule has 2 aromatic heterocycles. The van der Waals surface area contributed by atoms with E-state index < -0.39 is 5.97 Å². The standard InChI is InChI=1S/C12H13NO3S/c14-12(15)10-5-11(16-7-10)6-13-3-1-9-2-4-17-8-9/h2,4-5,7-8,13H,1,3,6H2,(H,14,15). The minimum Gasteiger partial charge on any atom is -0.478 e. The number of nitrogens with one attached hydrogen (secondary N) is 1. The van der Waals surface area contributed by atoms with E-state index in [2.05, 4.69) is 22.1 Å². The molecule has 0 saturated heterocycles. The van der Waals surface area contributed by atoms with Crippen molar-refractivity contribution in [3.8, 4) is 0 Å². The summed E-state index contributed by atoms with van der Waals surface area (Å²) < 4.78 is 5.12.